The molecule has 190 valence electrons. The number of aryl methyl sites for hydroxylation is 2. The summed E-state index contributed by atoms with van der Waals surface area (Å²) in [6.45, 7) is 4.80. The van der Waals surface area contributed by atoms with E-state index in [4.69, 9.17) is 15.2 Å². The van der Waals surface area contributed by atoms with E-state index in [0.717, 1.165) is 16.7 Å². The molecule has 0 aromatic heterocycles. The van der Waals surface area contributed by atoms with Crippen LogP contribution in [0.4, 0.5) is 11.4 Å². The molecular formula is C26H28N2O6S2. The Balaban J connectivity index is 1.73. The average Bonchev–Trinajstić information content (AvgIpc) is 3.75. The molecule has 5 rings (SSSR count). The maximum atomic E-state index is 14.0. The highest BCUT2D eigenvalue weighted by molar-refractivity contribution is 8.10. The number of nitrogens with zero attached hydrogens (tertiary/aromatic N) is 1. The van der Waals surface area contributed by atoms with Crippen LogP contribution in [-0.2, 0) is 42.4 Å². The SMILES string of the molecule is Cc1ccc(S(=O)(=O)N(c2ccc(CC3CO3)c(N)c2CC2CO2)S(=O)(=O)c2ccc(C)cc2)cc1. The van der Waals surface area contributed by atoms with Gasteiger partial charge in [-0.05, 0) is 49.7 Å². The zero-order valence-corrected chi connectivity index (χ0v) is 21.7. The predicted molar refractivity (Wildman–Crippen MR) is 137 cm³/mol. The van der Waals surface area contributed by atoms with Crippen molar-refractivity contribution in [3.63, 3.8) is 0 Å². The quantitative estimate of drug-likeness (QED) is 0.334. The number of anilines is 2. The van der Waals surface area contributed by atoms with E-state index in [1.165, 1.54) is 30.3 Å². The number of benzene rings is 3. The van der Waals surface area contributed by atoms with E-state index in [9.17, 15) is 16.8 Å². The molecule has 2 atom stereocenters. The third-order valence-corrected chi connectivity index (χ3v) is 10.6. The van der Waals surface area contributed by atoms with Crippen LogP contribution in [0.2, 0.25) is 0 Å². The van der Waals surface area contributed by atoms with E-state index in [-0.39, 0.29) is 27.7 Å². The molecule has 3 aromatic rings. The van der Waals surface area contributed by atoms with Crippen molar-refractivity contribution in [3.8, 4) is 0 Å². The minimum absolute atomic E-state index is 0.00427. The highest BCUT2D eigenvalue weighted by Gasteiger charge is 2.40. The second-order valence-electron chi connectivity index (χ2n) is 9.29. The van der Waals surface area contributed by atoms with Crippen LogP contribution in [-0.4, -0.2) is 42.3 Å². The van der Waals surface area contributed by atoms with E-state index >= 15 is 0 Å². The number of sulfonamides is 2. The average molecular weight is 529 g/mol. The topological polar surface area (TPSA) is 123 Å². The van der Waals surface area contributed by atoms with Crippen LogP contribution >= 0.6 is 0 Å². The van der Waals surface area contributed by atoms with Gasteiger partial charge >= 0.3 is 0 Å². The van der Waals surface area contributed by atoms with Crippen molar-refractivity contribution in [1.29, 1.82) is 0 Å². The molecule has 10 heteroatoms. The second-order valence-corrected chi connectivity index (χ2v) is 13.1. The standard InChI is InChI=1S/C26H28N2O6S2/c1-17-3-8-22(9-4-17)35(29,30)28(36(31,32)23-10-5-18(2)6-11-23)25-12-7-19(13-20-15-33-20)26(27)24(25)14-21-16-34-21/h3-12,20-21H,13-16,27H2,1-2H3. The number of hydrogen-bond donors (Lipinski definition) is 1. The summed E-state index contributed by atoms with van der Waals surface area (Å²) in [5.41, 5.74) is 9.84. The highest BCUT2D eigenvalue weighted by Crippen LogP contribution is 2.39. The van der Waals surface area contributed by atoms with Gasteiger partial charge in [0.2, 0.25) is 0 Å². The number of ether oxygens (including phenoxy) is 2. The molecule has 0 spiro atoms. The zero-order chi connectivity index (χ0) is 25.7. The van der Waals surface area contributed by atoms with Crippen molar-refractivity contribution in [2.24, 2.45) is 0 Å². The van der Waals surface area contributed by atoms with Gasteiger partial charge in [0.25, 0.3) is 20.0 Å². The van der Waals surface area contributed by atoms with Crippen LogP contribution in [0, 0.1) is 13.8 Å². The number of nitrogen functional groups attached to an aromatic ring is 1. The largest absolute Gasteiger partial charge is 0.398 e. The molecule has 0 bridgehead atoms. The first-order valence-electron chi connectivity index (χ1n) is 11.6. The highest BCUT2D eigenvalue weighted by atomic mass is 32.3. The molecule has 2 N–H and O–H groups in total. The van der Waals surface area contributed by atoms with Crippen LogP contribution in [0.1, 0.15) is 22.3 Å². The molecule has 0 amide bonds. The molecule has 2 heterocycles. The van der Waals surface area contributed by atoms with Gasteiger partial charge in [-0.25, -0.2) is 16.8 Å². The Labute approximate surface area is 211 Å². The van der Waals surface area contributed by atoms with Crippen molar-refractivity contribution in [3.05, 3.63) is 82.9 Å². The monoisotopic (exact) mass is 528 g/mol. The Hall–Kier alpha value is -2.92. The minimum atomic E-state index is -4.54. The number of rotatable bonds is 9. The minimum Gasteiger partial charge on any atom is -0.398 e. The molecule has 8 nitrogen and oxygen atoms in total. The first kappa shape index (κ1) is 24.8. The Morgan fingerprint density at radius 1 is 0.750 bits per heavy atom. The van der Waals surface area contributed by atoms with Gasteiger partial charge in [0.05, 0.1) is 40.9 Å². The van der Waals surface area contributed by atoms with Crippen LogP contribution in [0.25, 0.3) is 0 Å². The maximum absolute atomic E-state index is 14.0. The molecule has 3 aromatic carbocycles. The summed E-state index contributed by atoms with van der Waals surface area (Å²) in [5, 5.41) is 0. The maximum Gasteiger partial charge on any atom is 0.277 e. The van der Waals surface area contributed by atoms with Crippen LogP contribution in [0.3, 0.4) is 0 Å². The lowest BCUT2D eigenvalue weighted by Crippen LogP contribution is -2.38. The molecule has 0 aliphatic carbocycles. The van der Waals surface area contributed by atoms with Gasteiger partial charge in [-0.2, -0.15) is 3.71 Å². The number of hydrogen-bond acceptors (Lipinski definition) is 7. The second kappa shape index (κ2) is 9.19. The van der Waals surface area contributed by atoms with Crippen LogP contribution < -0.4 is 9.44 Å². The molecule has 2 fully saturated rings. The molecule has 0 radical (unpaired) electrons. The van der Waals surface area contributed by atoms with Gasteiger partial charge in [-0.3, -0.25) is 0 Å². The first-order chi connectivity index (χ1) is 17.1. The molecule has 36 heavy (non-hydrogen) atoms. The summed E-state index contributed by atoms with van der Waals surface area (Å²) in [4.78, 5) is -0.266. The third kappa shape index (κ3) is 4.86. The lowest BCUT2D eigenvalue weighted by Gasteiger charge is -2.27. The fourth-order valence-corrected chi connectivity index (χ4v) is 7.86. The summed E-state index contributed by atoms with van der Waals surface area (Å²) < 4.78 is 67.4. The van der Waals surface area contributed by atoms with E-state index in [2.05, 4.69) is 0 Å². The van der Waals surface area contributed by atoms with Crippen molar-refractivity contribution >= 4 is 31.4 Å². The number of epoxide rings is 2. The number of nitrogens with two attached hydrogens (primary N) is 1. The lowest BCUT2D eigenvalue weighted by atomic mass is 9.98. The van der Waals surface area contributed by atoms with Gasteiger partial charge in [0.15, 0.2) is 0 Å². The Morgan fingerprint density at radius 3 is 1.64 bits per heavy atom. The summed E-state index contributed by atoms with van der Waals surface area (Å²) in [6.07, 6.45) is 0.778. The fourth-order valence-electron chi connectivity index (χ4n) is 4.11. The smallest absolute Gasteiger partial charge is 0.277 e. The summed E-state index contributed by atoms with van der Waals surface area (Å²) in [6, 6.07) is 15.4. The van der Waals surface area contributed by atoms with Gasteiger partial charge in [-0.1, -0.05) is 41.5 Å². The molecular weight excluding hydrogens is 500 g/mol. The van der Waals surface area contributed by atoms with Crippen molar-refractivity contribution in [1.82, 2.24) is 0 Å². The summed E-state index contributed by atoms with van der Waals surface area (Å²) >= 11 is 0. The van der Waals surface area contributed by atoms with E-state index in [1.54, 1.807) is 30.3 Å². The first-order valence-corrected chi connectivity index (χ1v) is 14.5. The molecule has 2 unspecified atom stereocenters. The summed E-state index contributed by atoms with van der Waals surface area (Å²) in [7, 11) is -9.08. The van der Waals surface area contributed by atoms with Gasteiger partial charge in [-0.15, -0.1) is 0 Å². The molecule has 0 saturated carbocycles. The Kier molecular flexibility index (Phi) is 6.32. The summed E-state index contributed by atoms with van der Waals surface area (Å²) in [5.74, 6) is 0. The van der Waals surface area contributed by atoms with E-state index in [0.29, 0.717) is 41.0 Å². The van der Waals surface area contributed by atoms with Crippen molar-refractivity contribution in [2.45, 2.75) is 48.7 Å². The van der Waals surface area contributed by atoms with E-state index < -0.39 is 20.0 Å². The van der Waals surface area contributed by atoms with E-state index in [1.807, 2.05) is 13.8 Å². The van der Waals surface area contributed by atoms with Crippen molar-refractivity contribution < 1.29 is 26.3 Å². The van der Waals surface area contributed by atoms with Crippen molar-refractivity contribution in [2.75, 3.05) is 22.7 Å². The van der Waals surface area contributed by atoms with Gasteiger partial charge in [0, 0.05) is 24.1 Å². The third-order valence-electron chi connectivity index (χ3n) is 6.38. The Bertz CT molecular complexity index is 1420. The molecule has 2 aliphatic heterocycles. The molecule has 2 saturated heterocycles. The van der Waals surface area contributed by atoms with Gasteiger partial charge in [0.1, 0.15) is 0 Å². The predicted octanol–water partition coefficient (Wildman–Crippen LogP) is 3.35. The lowest BCUT2D eigenvalue weighted by molar-refractivity contribution is 0.406. The van der Waals surface area contributed by atoms with Crippen LogP contribution in [0.5, 0.6) is 0 Å². The van der Waals surface area contributed by atoms with Crippen LogP contribution in [0.15, 0.2) is 70.5 Å². The van der Waals surface area contributed by atoms with Gasteiger partial charge < -0.3 is 15.2 Å². The fraction of sp³-hybridized carbons (Fsp3) is 0.308. The molecule has 2 aliphatic rings. The zero-order valence-electron chi connectivity index (χ0n) is 20.0. The Morgan fingerprint density at radius 2 is 1.19 bits per heavy atom. The normalized spacial score (nSPS) is 19.2.